The molecule has 0 spiro atoms. The molecule has 0 fully saturated rings. The maximum absolute atomic E-state index is 2.55. The summed E-state index contributed by atoms with van der Waals surface area (Å²) in [5, 5.41) is 2.84. The van der Waals surface area contributed by atoms with E-state index >= 15 is 0 Å². The molecule has 0 saturated heterocycles. The van der Waals surface area contributed by atoms with E-state index in [1.54, 1.807) is 22.3 Å². The molecule has 36 heavy (non-hydrogen) atoms. The van der Waals surface area contributed by atoms with Crippen molar-refractivity contribution in [3.8, 4) is 0 Å². The van der Waals surface area contributed by atoms with Crippen LogP contribution in [0.25, 0.3) is 16.7 Å². The summed E-state index contributed by atoms with van der Waals surface area (Å²) >= 11 is 0. The lowest BCUT2D eigenvalue weighted by Gasteiger charge is -2.35. The van der Waals surface area contributed by atoms with E-state index in [0.717, 1.165) is 19.3 Å². The third-order valence-electron chi connectivity index (χ3n) is 8.56. The summed E-state index contributed by atoms with van der Waals surface area (Å²) in [6, 6.07) is 18.6. The van der Waals surface area contributed by atoms with Crippen molar-refractivity contribution in [1.82, 2.24) is 0 Å². The van der Waals surface area contributed by atoms with Crippen molar-refractivity contribution in [3.05, 3.63) is 148 Å². The summed E-state index contributed by atoms with van der Waals surface area (Å²) in [6.45, 7) is 0. The van der Waals surface area contributed by atoms with Crippen LogP contribution in [-0.2, 0) is 0 Å². The number of allylic oxidation sites excluding steroid dienone is 14. The molecule has 0 bridgehead atoms. The number of hydrogen-bond acceptors (Lipinski definition) is 0. The van der Waals surface area contributed by atoms with E-state index < -0.39 is 0 Å². The van der Waals surface area contributed by atoms with Crippen LogP contribution in [0.2, 0.25) is 0 Å². The molecule has 2 atom stereocenters. The molecule has 0 amide bonds. The van der Waals surface area contributed by atoms with Crippen molar-refractivity contribution >= 4 is 16.7 Å². The second-order valence-electron chi connectivity index (χ2n) is 10.6. The first-order valence-corrected chi connectivity index (χ1v) is 13.6. The monoisotopic (exact) mass is 464 g/mol. The first kappa shape index (κ1) is 21.6. The van der Waals surface area contributed by atoms with Crippen molar-refractivity contribution in [3.63, 3.8) is 0 Å². The summed E-state index contributed by atoms with van der Waals surface area (Å²) in [4.78, 5) is 0. The molecular weight excluding hydrogens is 432 g/mol. The van der Waals surface area contributed by atoms with Gasteiger partial charge in [0, 0.05) is 11.8 Å². The molecule has 0 radical (unpaired) electrons. The van der Waals surface area contributed by atoms with Gasteiger partial charge in [0.05, 0.1) is 0 Å². The Kier molecular flexibility index (Phi) is 5.47. The Bertz CT molecular complexity index is 1560. The Morgan fingerprint density at radius 2 is 1.28 bits per heavy atom. The smallest absolute Gasteiger partial charge is 0.0137 e. The molecule has 176 valence electrons. The van der Waals surface area contributed by atoms with Crippen LogP contribution in [0.1, 0.15) is 49.7 Å². The molecule has 2 unspecified atom stereocenters. The van der Waals surface area contributed by atoms with Gasteiger partial charge in [0.1, 0.15) is 0 Å². The van der Waals surface area contributed by atoms with E-state index in [2.05, 4.69) is 109 Å². The van der Waals surface area contributed by atoms with Crippen LogP contribution < -0.4 is 10.4 Å². The van der Waals surface area contributed by atoms with Gasteiger partial charge in [-0.2, -0.15) is 0 Å². The van der Waals surface area contributed by atoms with Gasteiger partial charge in [-0.15, -0.1) is 0 Å². The fourth-order valence-corrected chi connectivity index (χ4v) is 6.82. The van der Waals surface area contributed by atoms with Crippen molar-refractivity contribution in [2.45, 2.75) is 38.5 Å². The van der Waals surface area contributed by atoms with Gasteiger partial charge in [0.2, 0.25) is 0 Å². The van der Waals surface area contributed by atoms with Gasteiger partial charge in [0.25, 0.3) is 0 Å². The first-order valence-electron chi connectivity index (χ1n) is 13.6. The Morgan fingerprint density at radius 3 is 2.06 bits per heavy atom. The van der Waals surface area contributed by atoms with Crippen LogP contribution in [0, 0.1) is 11.8 Å². The molecule has 0 N–H and O–H groups in total. The molecule has 2 aromatic rings. The van der Waals surface area contributed by atoms with E-state index in [1.165, 1.54) is 52.0 Å². The Morgan fingerprint density at radius 1 is 0.556 bits per heavy atom. The minimum Gasteiger partial charge on any atom is -0.0842 e. The molecule has 2 aromatic carbocycles. The topological polar surface area (TPSA) is 0 Å². The SMILES string of the molecule is C1=CCCC(c2ccc(C3=c4ccccc4=C(C4=CC5=C(C=CCC5)CC4)C4C=CC=CC34)cc2)=C1. The minimum atomic E-state index is 0.366. The molecular formula is C36H32. The molecule has 0 heterocycles. The lowest BCUT2D eigenvalue weighted by molar-refractivity contribution is 0.677. The van der Waals surface area contributed by atoms with Gasteiger partial charge in [-0.25, -0.2) is 0 Å². The number of fused-ring (bicyclic) bond motifs is 2. The third kappa shape index (κ3) is 3.68. The fourth-order valence-electron chi connectivity index (χ4n) is 6.82. The van der Waals surface area contributed by atoms with Crippen LogP contribution in [0.15, 0.2) is 126 Å². The lowest BCUT2D eigenvalue weighted by Crippen LogP contribution is -2.40. The van der Waals surface area contributed by atoms with Crippen molar-refractivity contribution in [2.75, 3.05) is 0 Å². The van der Waals surface area contributed by atoms with Crippen LogP contribution in [0.4, 0.5) is 0 Å². The summed E-state index contributed by atoms with van der Waals surface area (Å²) in [6.07, 6.45) is 30.3. The maximum Gasteiger partial charge on any atom is 0.0137 e. The van der Waals surface area contributed by atoms with Gasteiger partial charge < -0.3 is 0 Å². The molecule has 5 aliphatic carbocycles. The number of hydrogen-bond donors (Lipinski definition) is 0. The normalized spacial score (nSPS) is 24.2. The highest BCUT2D eigenvalue weighted by molar-refractivity contribution is 5.82. The van der Waals surface area contributed by atoms with E-state index in [-0.39, 0.29) is 0 Å². The van der Waals surface area contributed by atoms with Gasteiger partial charge in [-0.05, 0) is 93.5 Å². The zero-order valence-corrected chi connectivity index (χ0v) is 20.8. The minimum absolute atomic E-state index is 0.366. The van der Waals surface area contributed by atoms with Gasteiger partial charge in [-0.3, -0.25) is 0 Å². The van der Waals surface area contributed by atoms with Crippen LogP contribution in [-0.4, -0.2) is 0 Å². The predicted molar refractivity (Wildman–Crippen MR) is 152 cm³/mol. The van der Waals surface area contributed by atoms with Gasteiger partial charge in [-0.1, -0.05) is 109 Å². The summed E-state index contributed by atoms with van der Waals surface area (Å²) < 4.78 is 0. The Labute approximate surface area is 214 Å². The highest BCUT2D eigenvalue weighted by Gasteiger charge is 2.33. The van der Waals surface area contributed by atoms with E-state index in [1.807, 2.05) is 0 Å². The largest absolute Gasteiger partial charge is 0.0842 e. The van der Waals surface area contributed by atoms with Crippen molar-refractivity contribution in [2.24, 2.45) is 11.8 Å². The van der Waals surface area contributed by atoms with Crippen molar-refractivity contribution in [1.29, 1.82) is 0 Å². The highest BCUT2D eigenvalue weighted by Crippen LogP contribution is 2.44. The van der Waals surface area contributed by atoms with Gasteiger partial charge in [0.15, 0.2) is 0 Å². The quantitative estimate of drug-likeness (QED) is 0.441. The highest BCUT2D eigenvalue weighted by atomic mass is 14.4. The molecule has 0 aliphatic heterocycles. The molecule has 0 heteroatoms. The lowest BCUT2D eigenvalue weighted by atomic mass is 9.68. The standard InChI is InChI=1S/C36H32/c1-2-10-25(11-3-1)27-18-21-28(22-19-27)35-31-14-6-8-16-33(31)36(34-17-9-7-15-32(34)35)30-23-20-26-12-4-5-13-29(26)24-30/h1-2,4,6-10,12,14-19,21-22,24,31,33H,3,5,11,13,20,23H2. The zero-order valence-electron chi connectivity index (χ0n) is 20.8. The van der Waals surface area contributed by atoms with Crippen LogP contribution in [0.5, 0.6) is 0 Å². The number of benzene rings is 2. The number of rotatable bonds is 3. The average Bonchev–Trinajstić information content (AvgIpc) is 2.96. The van der Waals surface area contributed by atoms with E-state index in [0.29, 0.717) is 11.8 Å². The Hall–Kier alpha value is -3.64. The molecule has 5 aliphatic rings. The second kappa shape index (κ2) is 9.10. The third-order valence-corrected chi connectivity index (χ3v) is 8.56. The molecule has 0 nitrogen and oxygen atoms in total. The Balaban J connectivity index is 1.42. The summed E-state index contributed by atoms with van der Waals surface area (Å²) in [7, 11) is 0. The maximum atomic E-state index is 2.55. The van der Waals surface area contributed by atoms with Crippen LogP contribution >= 0.6 is 0 Å². The van der Waals surface area contributed by atoms with Crippen LogP contribution in [0.3, 0.4) is 0 Å². The van der Waals surface area contributed by atoms with E-state index in [9.17, 15) is 0 Å². The zero-order chi connectivity index (χ0) is 23.9. The first-order chi connectivity index (χ1) is 17.9. The second-order valence-corrected chi connectivity index (χ2v) is 10.6. The molecule has 0 saturated carbocycles. The van der Waals surface area contributed by atoms with Gasteiger partial charge >= 0.3 is 0 Å². The average molecular weight is 465 g/mol. The van der Waals surface area contributed by atoms with Crippen molar-refractivity contribution < 1.29 is 0 Å². The predicted octanol–water partition coefficient (Wildman–Crippen LogP) is 7.51. The molecule has 7 rings (SSSR count). The van der Waals surface area contributed by atoms with E-state index in [4.69, 9.17) is 0 Å². The molecule has 0 aromatic heterocycles. The fraction of sp³-hybridized carbons (Fsp3) is 0.222. The summed E-state index contributed by atoms with van der Waals surface area (Å²) in [5.74, 6) is 0.753. The summed E-state index contributed by atoms with van der Waals surface area (Å²) in [5.41, 5.74) is 11.9.